The van der Waals surface area contributed by atoms with Crippen molar-refractivity contribution in [2.45, 2.75) is 58.8 Å². The van der Waals surface area contributed by atoms with Crippen molar-refractivity contribution < 1.29 is 4.74 Å². The van der Waals surface area contributed by atoms with Crippen LogP contribution in [0.1, 0.15) is 52.2 Å². The van der Waals surface area contributed by atoms with E-state index in [4.69, 9.17) is 4.74 Å². The van der Waals surface area contributed by atoms with Gasteiger partial charge >= 0.3 is 0 Å². The predicted octanol–water partition coefficient (Wildman–Crippen LogP) is 4.69. The van der Waals surface area contributed by atoms with Gasteiger partial charge in [0.15, 0.2) is 0 Å². The lowest BCUT2D eigenvalue weighted by Crippen LogP contribution is -2.30. The molecule has 108 valence electrons. The van der Waals surface area contributed by atoms with Crippen molar-refractivity contribution in [1.82, 2.24) is 5.32 Å². The standard InChI is InChI=1S/C16H26BrNO/c1-5-7-13(4)19-16(11-18-12(2)3)14-8-6-9-15(17)10-14/h6,8-10,12-13,16,18H,5,7,11H2,1-4H3. The first-order valence-corrected chi connectivity index (χ1v) is 7.96. The Morgan fingerprint density at radius 1 is 1.26 bits per heavy atom. The lowest BCUT2D eigenvalue weighted by atomic mass is 10.1. The molecule has 0 aliphatic carbocycles. The fourth-order valence-corrected chi connectivity index (χ4v) is 2.47. The second-order valence-electron chi connectivity index (χ2n) is 5.34. The topological polar surface area (TPSA) is 21.3 Å². The Kier molecular flexibility index (Phi) is 7.66. The van der Waals surface area contributed by atoms with Crippen molar-refractivity contribution in [3.05, 3.63) is 34.3 Å². The Balaban J connectivity index is 2.73. The summed E-state index contributed by atoms with van der Waals surface area (Å²) in [5.41, 5.74) is 1.23. The Labute approximate surface area is 126 Å². The van der Waals surface area contributed by atoms with Crippen LogP contribution in [0.3, 0.4) is 0 Å². The fourth-order valence-electron chi connectivity index (χ4n) is 2.05. The third kappa shape index (κ3) is 6.55. The van der Waals surface area contributed by atoms with E-state index in [1.54, 1.807) is 0 Å². The molecular formula is C16H26BrNO. The molecule has 2 unspecified atom stereocenters. The molecule has 19 heavy (non-hydrogen) atoms. The van der Waals surface area contributed by atoms with E-state index in [0.717, 1.165) is 23.9 Å². The van der Waals surface area contributed by atoms with Crippen LogP contribution in [0, 0.1) is 0 Å². The number of rotatable bonds is 8. The van der Waals surface area contributed by atoms with Crippen LogP contribution in [-0.2, 0) is 4.74 Å². The van der Waals surface area contributed by atoms with Gasteiger partial charge in [0.25, 0.3) is 0 Å². The van der Waals surface area contributed by atoms with Crippen LogP contribution in [0.4, 0.5) is 0 Å². The van der Waals surface area contributed by atoms with Gasteiger partial charge in [-0.15, -0.1) is 0 Å². The summed E-state index contributed by atoms with van der Waals surface area (Å²) in [4.78, 5) is 0. The lowest BCUT2D eigenvalue weighted by molar-refractivity contribution is -0.00809. The van der Waals surface area contributed by atoms with Gasteiger partial charge in [-0.25, -0.2) is 0 Å². The molecule has 1 N–H and O–H groups in total. The zero-order valence-electron chi connectivity index (χ0n) is 12.4. The van der Waals surface area contributed by atoms with Crippen molar-refractivity contribution in [3.8, 4) is 0 Å². The van der Waals surface area contributed by atoms with Crippen LogP contribution in [0.25, 0.3) is 0 Å². The first kappa shape index (κ1) is 16.7. The summed E-state index contributed by atoms with van der Waals surface area (Å²) < 4.78 is 7.30. The molecule has 0 spiro atoms. The van der Waals surface area contributed by atoms with Gasteiger partial charge in [0, 0.05) is 17.1 Å². The number of hydrogen-bond acceptors (Lipinski definition) is 2. The molecule has 3 heteroatoms. The van der Waals surface area contributed by atoms with Crippen molar-refractivity contribution in [3.63, 3.8) is 0 Å². The summed E-state index contributed by atoms with van der Waals surface area (Å²) in [6, 6.07) is 8.86. The Hall–Kier alpha value is -0.380. The first-order valence-electron chi connectivity index (χ1n) is 7.17. The maximum atomic E-state index is 6.20. The predicted molar refractivity (Wildman–Crippen MR) is 85.5 cm³/mol. The summed E-state index contributed by atoms with van der Waals surface area (Å²) in [7, 11) is 0. The molecule has 2 nitrogen and oxygen atoms in total. The number of ether oxygens (including phenoxy) is 1. The van der Waals surface area contributed by atoms with E-state index in [-0.39, 0.29) is 6.10 Å². The third-order valence-electron chi connectivity index (χ3n) is 3.02. The Morgan fingerprint density at radius 2 is 2.00 bits per heavy atom. The number of nitrogens with one attached hydrogen (secondary N) is 1. The van der Waals surface area contributed by atoms with Gasteiger partial charge in [-0.05, 0) is 31.0 Å². The number of halogens is 1. The van der Waals surface area contributed by atoms with Crippen LogP contribution >= 0.6 is 15.9 Å². The van der Waals surface area contributed by atoms with Crippen LogP contribution < -0.4 is 5.32 Å². The highest BCUT2D eigenvalue weighted by Crippen LogP contribution is 2.23. The number of benzene rings is 1. The molecule has 1 rings (SSSR count). The van der Waals surface area contributed by atoms with E-state index in [1.807, 2.05) is 6.07 Å². The van der Waals surface area contributed by atoms with E-state index in [0.29, 0.717) is 12.1 Å². The molecule has 1 aromatic rings. The smallest absolute Gasteiger partial charge is 0.0953 e. The Morgan fingerprint density at radius 3 is 2.58 bits per heavy atom. The zero-order valence-corrected chi connectivity index (χ0v) is 14.0. The largest absolute Gasteiger partial charge is 0.369 e. The number of hydrogen-bond donors (Lipinski definition) is 1. The SMILES string of the molecule is CCCC(C)OC(CNC(C)C)c1cccc(Br)c1. The van der Waals surface area contributed by atoms with Crippen molar-refractivity contribution in [2.75, 3.05) is 6.54 Å². The second kappa shape index (κ2) is 8.72. The van der Waals surface area contributed by atoms with Crippen LogP contribution in [0.5, 0.6) is 0 Å². The van der Waals surface area contributed by atoms with E-state index >= 15 is 0 Å². The zero-order chi connectivity index (χ0) is 14.3. The van der Waals surface area contributed by atoms with Crippen molar-refractivity contribution in [2.24, 2.45) is 0 Å². The second-order valence-corrected chi connectivity index (χ2v) is 6.26. The van der Waals surface area contributed by atoms with Gasteiger partial charge in [-0.2, -0.15) is 0 Å². The van der Waals surface area contributed by atoms with E-state index in [1.165, 1.54) is 5.56 Å². The summed E-state index contributed by atoms with van der Waals surface area (Å²) >= 11 is 3.53. The highest BCUT2D eigenvalue weighted by molar-refractivity contribution is 9.10. The van der Waals surface area contributed by atoms with Gasteiger partial charge in [-0.1, -0.05) is 55.3 Å². The first-order chi connectivity index (χ1) is 9.02. The maximum absolute atomic E-state index is 6.20. The van der Waals surface area contributed by atoms with Gasteiger partial charge in [0.05, 0.1) is 12.2 Å². The molecular weight excluding hydrogens is 302 g/mol. The average Bonchev–Trinajstić information content (AvgIpc) is 2.34. The molecule has 0 fully saturated rings. The van der Waals surface area contributed by atoms with Crippen LogP contribution in [-0.4, -0.2) is 18.7 Å². The molecule has 0 aromatic heterocycles. The van der Waals surface area contributed by atoms with Crippen molar-refractivity contribution >= 4 is 15.9 Å². The molecule has 0 aliphatic heterocycles. The third-order valence-corrected chi connectivity index (χ3v) is 3.52. The summed E-state index contributed by atoms with van der Waals surface area (Å²) in [6.07, 6.45) is 2.67. The Bertz CT molecular complexity index is 368. The van der Waals surface area contributed by atoms with Crippen LogP contribution in [0.15, 0.2) is 28.7 Å². The summed E-state index contributed by atoms with van der Waals surface area (Å²) in [5.74, 6) is 0. The monoisotopic (exact) mass is 327 g/mol. The van der Waals surface area contributed by atoms with Gasteiger partial charge < -0.3 is 10.1 Å². The molecule has 0 saturated carbocycles. The molecule has 0 radical (unpaired) electrons. The molecule has 0 amide bonds. The minimum Gasteiger partial charge on any atom is -0.369 e. The summed E-state index contributed by atoms with van der Waals surface area (Å²) in [6.45, 7) is 9.52. The lowest BCUT2D eigenvalue weighted by Gasteiger charge is -2.24. The van der Waals surface area contributed by atoms with Gasteiger partial charge in [-0.3, -0.25) is 0 Å². The molecule has 0 saturated heterocycles. The molecule has 0 aliphatic rings. The van der Waals surface area contributed by atoms with E-state index in [2.05, 4.69) is 67.1 Å². The van der Waals surface area contributed by atoms with Gasteiger partial charge in [0.1, 0.15) is 0 Å². The molecule has 0 bridgehead atoms. The normalized spacial score (nSPS) is 14.6. The summed E-state index contributed by atoms with van der Waals surface area (Å²) in [5, 5.41) is 3.47. The van der Waals surface area contributed by atoms with Crippen molar-refractivity contribution in [1.29, 1.82) is 0 Å². The van der Waals surface area contributed by atoms with Gasteiger partial charge in [0.2, 0.25) is 0 Å². The molecule has 0 heterocycles. The minimum atomic E-state index is 0.112. The minimum absolute atomic E-state index is 0.112. The van der Waals surface area contributed by atoms with E-state index < -0.39 is 0 Å². The molecule has 1 aromatic carbocycles. The average molecular weight is 328 g/mol. The fraction of sp³-hybridized carbons (Fsp3) is 0.625. The highest BCUT2D eigenvalue weighted by Gasteiger charge is 2.16. The van der Waals surface area contributed by atoms with Crippen LogP contribution in [0.2, 0.25) is 0 Å². The quantitative estimate of drug-likeness (QED) is 0.747. The maximum Gasteiger partial charge on any atom is 0.0953 e. The molecule has 2 atom stereocenters. The highest BCUT2D eigenvalue weighted by atomic mass is 79.9. The van der Waals surface area contributed by atoms with E-state index in [9.17, 15) is 0 Å².